The first-order valence-corrected chi connectivity index (χ1v) is 6.07. The molecule has 2 aromatic heterocycles. The Morgan fingerprint density at radius 1 is 1.11 bits per heavy atom. The fraction of sp³-hybridized carbons (Fsp3) is 0.143. The highest BCUT2D eigenvalue weighted by Gasteiger charge is 2.10. The maximum absolute atomic E-state index is 6.23. The normalized spacial score (nSPS) is 11.1. The molecule has 0 unspecified atom stereocenters. The summed E-state index contributed by atoms with van der Waals surface area (Å²) in [6.07, 6.45) is 5.57. The van der Waals surface area contributed by atoms with Gasteiger partial charge in [-0.3, -0.25) is 9.97 Å². The second kappa shape index (κ2) is 4.10. The summed E-state index contributed by atoms with van der Waals surface area (Å²) in [5.74, 6) is 0. The van der Waals surface area contributed by atoms with E-state index >= 15 is 0 Å². The standard InChI is InChI=1S/C14H12ClN3/c1-9-7-17-13(8-16-9)10-3-4-12(15)14-11(10)5-6-18(14)2/h3-8H,1-2H3. The van der Waals surface area contributed by atoms with E-state index in [0.717, 1.165) is 32.9 Å². The van der Waals surface area contributed by atoms with Crippen LogP contribution in [0.25, 0.3) is 22.2 Å². The maximum atomic E-state index is 6.23. The van der Waals surface area contributed by atoms with Gasteiger partial charge in [-0.25, -0.2) is 0 Å². The Morgan fingerprint density at radius 2 is 1.94 bits per heavy atom. The number of benzene rings is 1. The molecule has 0 bridgehead atoms. The van der Waals surface area contributed by atoms with Gasteiger partial charge in [0.1, 0.15) is 0 Å². The lowest BCUT2D eigenvalue weighted by atomic mass is 10.1. The van der Waals surface area contributed by atoms with Crippen LogP contribution >= 0.6 is 11.6 Å². The summed E-state index contributed by atoms with van der Waals surface area (Å²) in [6, 6.07) is 5.95. The predicted octanol–water partition coefficient (Wildman–Crippen LogP) is 3.60. The number of aryl methyl sites for hydroxylation is 2. The average molecular weight is 258 g/mol. The Labute approximate surface area is 110 Å². The zero-order valence-corrected chi connectivity index (χ0v) is 10.9. The molecule has 0 spiro atoms. The zero-order chi connectivity index (χ0) is 12.7. The molecule has 0 aliphatic carbocycles. The highest BCUT2D eigenvalue weighted by Crippen LogP contribution is 2.32. The molecule has 3 aromatic rings. The molecule has 0 aliphatic rings. The van der Waals surface area contributed by atoms with Crippen molar-refractivity contribution in [2.45, 2.75) is 6.92 Å². The van der Waals surface area contributed by atoms with Gasteiger partial charge in [0.05, 0.1) is 28.1 Å². The first kappa shape index (κ1) is 11.2. The zero-order valence-electron chi connectivity index (χ0n) is 10.2. The number of fused-ring (bicyclic) bond motifs is 1. The summed E-state index contributed by atoms with van der Waals surface area (Å²) in [7, 11) is 1.98. The van der Waals surface area contributed by atoms with Crippen molar-refractivity contribution in [1.82, 2.24) is 14.5 Å². The number of hydrogen-bond acceptors (Lipinski definition) is 2. The van der Waals surface area contributed by atoms with E-state index in [-0.39, 0.29) is 0 Å². The molecule has 0 saturated carbocycles. The molecule has 4 heteroatoms. The van der Waals surface area contributed by atoms with Gasteiger partial charge in [0, 0.05) is 30.4 Å². The van der Waals surface area contributed by atoms with Crippen molar-refractivity contribution >= 4 is 22.5 Å². The molecule has 3 nitrogen and oxygen atoms in total. The SMILES string of the molecule is Cc1cnc(-c2ccc(Cl)c3c2ccn3C)cn1. The number of rotatable bonds is 1. The molecule has 0 fully saturated rings. The molecule has 0 aliphatic heterocycles. The smallest absolute Gasteiger partial charge is 0.0892 e. The lowest BCUT2D eigenvalue weighted by Gasteiger charge is -2.05. The first-order chi connectivity index (χ1) is 8.66. The molecule has 0 N–H and O–H groups in total. The van der Waals surface area contributed by atoms with Gasteiger partial charge < -0.3 is 4.57 Å². The van der Waals surface area contributed by atoms with Gasteiger partial charge in [-0.15, -0.1) is 0 Å². The Kier molecular flexibility index (Phi) is 2.56. The van der Waals surface area contributed by atoms with Crippen LogP contribution in [0.1, 0.15) is 5.69 Å². The van der Waals surface area contributed by atoms with Crippen LogP contribution in [0, 0.1) is 6.92 Å². The van der Waals surface area contributed by atoms with Crippen LogP contribution in [0.5, 0.6) is 0 Å². The quantitative estimate of drug-likeness (QED) is 0.667. The lowest BCUT2D eigenvalue weighted by Crippen LogP contribution is -1.90. The van der Waals surface area contributed by atoms with E-state index in [1.165, 1.54) is 0 Å². The van der Waals surface area contributed by atoms with Crippen molar-refractivity contribution in [1.29, 1.82) is 0 Å². The molecule has 0 saturated heterocycles. The molecule has 2 heterocycles. The van der Waals surface area contributed by atoms with E-state index in [4.69, 9.17) is 11.6 Å². The van der Waals surface area contributed by atoms with Crippen LogP contribution in [0.2, 0.25) is 5.02 Å². The van der Waals surface area contributed by atoms with Crippen LogP contribution in [-0.2, 0) is 7.05 Å². The summed E-state index contributed by atoms with van der Waals surface area (Å²) >= 11 is 6.23. The van der Waals surface area contributed by atoms with Crippen LogP contribution in [0.4, 0.5) is 0 Å². The Bertz CT molecular complexity index is 714. The van der Waals surface area contributed by atoms with Crippen molar-refractivity contribution in [3.05, 3.63) is 47.5 Å². The maximum Gasteiger partial charge on any atom is 0.0892 e. The topological polar surface area (TPSA) is 30.7 Å². The van der Waals surface area contributed by atoms with Gasteiger partial charge in [0.2, 0.25) is 0 Å². The van der Waals surface area contributed by atoms with Gasteiger partial charge in [-0.05, 0) is 19.1 Å². The van der Waals surface area contributed by atoms with Crippen LogP contribution in [0.3, 0.4) is 0 Å². The summed E-state index contributed by atoms with van der Waals surface area (Å²) in [6.45, 7) is 1.93. The highest BCUT2D eigenvalue weighted by atomic mass is 35.5. The molecular formula is C14H12ClN3. The van der Waals surface area contributed by atoms with E-state index in [1.54, 1.807) is 12.4 Å². The van der Waals surface area contributed by atoms with Crippen molar-refractivity contribution in [2.24, 2.45) is 7.05 Å². The van der Waals surface area contributed by atoms with Crippen LogP contribution in [-0.4, -0.2) is 14.5 Å². The van der Waals surface area contributed by atoms with Gasteiger partial charge in [0.25, 0.3) is 0 Å². The second-order valence-electron chi connectivity index (χ2n) is 4.33. The monoisotopic (exact) mass is 257 g/mol. The Morgan fingerprint density at radius 3 is 2.67 bits per heavy atom. The molecule has 0 amide bonds. The predicted molar refractivity (Wildman–Crippen MR) is 73.7 cm³/mol. The van der Waals surface area contributed by atoms with Gasteiger partial charge in [-0.1, -0.05) is 17.7 Å². The second-order valence-corrected chi connectivity index (χ2v) is 4.73. The molecule has 1 aromatic carbocycles. The molecular weight excluding hydrogens is 246 g/mol. The summed E-state index contributed by atoms with van der Waals surface area (Å²) in [5.41, 5.74) is 3.87. The van der Waals surface area contributed by atoms with E-state index in [1.807, 2.05) is 36.9 Å². The third-order valence-electron chi connectivity index (χ3n) is 3.04. The summed E-state index contributed by atoms with van der Waals surface area (Å²) < 4.78 is 2.02. The highest BCUT2D eigenvalue weighted by molar-refractivity contribution is 6.35. The van der Waals surface area contributed by atoms with Crippen molar-refractivity contribution in [3.63, 3.8) is 0 Å². The fourth-order valence-electron chi connectivity index (χ4n) is 2.12. The van der Waals surface area contributed by atoms with Crippen molar-refractivity contribution < 1.29 is 0 Å². The Balaban J connectivity index is 2.30. The van der Waals surface area contributed by atoms with Crippen LogP contribution < -0.4 is 0 Å². The molecule has 90 valence electrons. The van der Waals surface area contributed by atoms with E-state index in [9.17, 15) is 0 Å². The number of aromatic nitrogens is 3. The minimum atomic E-state index is 0.751. The number of halogens is 1. The fourth-order valence-corrected chi connectivity index (χ4v) is 2.42. The minimum absolute atomic E-state index is 0.751. The van der Waals surface area contributed by atoms with Crippen molar-refractivity contribution in [3.8, 4) is 11.3 Å². The van der Waals surface area contributed by atoms with E-state index in [2.05, 4.69) is 16.0 Å². The largest absolute Gasteiger partial charge is 0.349 e. The number of nitrogens with zero attached hydrogens (tertiary/aromatic N) is 3. The van der Waals surface area contributed by atoms with Crippen LogP contribution in [0.15, 0.2) is 36.8 Å². The summed E-state index contributed by atoms with van der Waals surface area (Å²) in [4.78, 5) is 8.71. The number of hydrogen-bond donors (Lipinski definition) is 0. The van der Waals surface area contributed by atoms with Gasteiger partial charge in [-0.2, -0.15) is 0 Å². The lowest BCUT2D eigenvalue weighted by molar-refractivity contribution is 0.969. The minimum Gasteiger partial charge on any atom is -0.349 e. The molecule has 18 heavy (non-hydrogen) atoms. The van der Waals surface area contributed by atoms with Gasteiger partial charge in [0.15, 0.2) is 0 Å². The molecule has 0 atom stereocenters. The third kappa shape index (κ3) is 1.68. The van der Waals surface area contributed by atoms with Crippen molar-refractivity contribution in [2.75, 3.05) is 0 Å². The van der Waals surface area contributed by atoms with E-state index < -0.39 is 0 Å². The first-order valence-electron chi connectivity index (χ1n) is 5.69. The molecule has 0 radical (unpaired) electrons. The molecule has 3 rings (SSSR count). The van der Waals surface area contributed by atoms with Gasteiger partial charge >= 0.3 is 0 Å². The Hall–Kier alpha value is -1.87. The third-order valence-corrected chi connectivity index (χ3v) is 3.35. The summed E-state index contributed by atoms with van der Waals surface area (Å²) in [5, 5.41) is 1.85. The average Bonchev–Trinajstić information content (AvgIpc) is 2.75. The van der Waals surface area contributed by atoms with E-state index in [0.29, 0.717) is 0 Å².